The number of nitrogens with zero attached hydrogens (tertiary/aromatic N) is 3. The molecule has 2 aromatic heterocycles. The molecule has 2 saturated heterocycles. The molecule has 2 fully saturated rings. The largest absolute Gasteiger partial charge is 0.368 e. The SMILES string of the molecule is CN1C[C@@H]2CN(c3cncc(-c4ccc5cc[nH]c5c4)c3)C[C@@H]21. The third-order valence-electron chi connectivity index (χ3n) is 5.47. The van der Waals surface area contributed by atoms with Crippen molar-refractivity contribution in [3.63, 3.8) is 0 Å². The fourth-order valence-electron chi connectivity index (χ4n) is 4.10. The lowest BCUT2D eigenvalue weighted by atomic mass is 9.93. The van der Waals surface area contributed by atoms with Crippen LogP contribution in [0, 0.1) is 5.92 Å². The molecule has 4 heterocycles. The first-order valence-electron chi connectivity index (χ1n) is 8.26. The van der Waals surface area contributed by atoms with E-state index in [0.717, 1.165) is 25.0 Å². The normalized spacial score (nSPS) is 24.0. The van der Waals surface area contributed by atoms with E-state index >= 15 is 0 Å². The molecule has 2 aliphatic heterocycles. The van der Waals surface area contributed by atoms with Gasteiger partial charge in [-0.15, -0.1) is 0 Å². The predicted molar refractivity (Wildman–Crippen MR) is 93.7 cm³/mol. The van der Waals surface area contributed by atoms with Crippen LogP contribution in [0.3, 0.4) is 0 Å². The summed E-state index contributed by atoms with van der Waals surface area (Å²) in [7, 11) is 2.23. The molecule has 2 aliphatic rings. The molecule has 0 bridgehead atoms. The first-order valence-corrected chi connectivity index (χ1v) is 8.26. The molecule has 0 amide bonds. The number of aromatic nitrogens is 2. The van der Waals surface area contributed by atoms with E-state index in [2.05, 4.69) is 57.1 Å². The third kappa shape index (κ3) is 2.05. The highest BCUT2D eigenvalue weighted by Crippen LogP contribution is 2.34. The zero-order valence-electron chi connectivity index (χ0n) is 13.2. The summed E-state index contributed by atoms with van der Waals surface area (Å²) < 4.78 is 0. The van der Waals surface area contributed by atoms with Gasteiger partial charge in [0.1, 0.15) is 0 Å². The quantitative estimate of drug-likeness (QED) is 0.790. The van der Waals surface area contributed by atoms with E-state index in [1.165, 1.54) is 34.3 Å². The zero-order chi connectivity index (χ0) is 15.4. The van der Waals surface area contributed by atoms with Crippen molar-refractivity contribution in [2.24, 2.45) is 5.92 Å². The van der Waals surface area contributed by atoms with E-state index in [0.29, 0.717) is 0 Å². The number of pyridine rings is 1. The number of hydrogen-bond acceptors (Lipinski definition) is 3. The van der Waals surface area contributed by atoms with E-state index in [9.17, 15) is 0 Å². The molecule has 0 aliphatic carbocycles. The number of nitrogens with one attached hydrogen (secondary N) is 1. The van der Waals surface area contributed by atoms with Gasteiger partial charge in [-0.1, -0.05) is 12.1 Å². The maximum Gasteiger partial charge on any atom is 0.0559 e. The maximum absolute atomic E-state index is 4.50. The third-order valence-corrected chi connectivity index (χ3v) is 5.47. The Morgan fingerprint density at radius 2 is 2.00 bits per heavy atom. The summed E-state index contributed by atoms with van der Waals surface area (Å²) in [6, 6.07) is 11.7. The zero-order valence-corrected chi connectivity index (χ0v) is 13.2. The number of H-pyrrole nitrogens is 1. The number of aromatic amines is 1. The number of likely N-dealkylation sites (tertiary alicyclic amines) is 1. The van der Waals surface area contributed by atoms with Gasteiger partial charge < -0.3 is 14.8 Å². The second-order valence-corrected chi connectivity index (χ2v) is 6.88. The van der Waals surface area contributed by atoms with E-state index in [4.69, 9.17) is 0 Å². The Kier molecular flexibility index (Phi) is 2.76. The number of hydrogen-bond donors (Lipinski definition) is 1. The standard InChI is InChI=1S/C19H20N4/c1-22-10-16-11-23(12-19(16)22)17-6-15(8-20-9-17)14-3-2-13-4-5-21-18(13)7-14/h2-9,16,19,21H,10-12H2,1H3/t16-,19+/m1/s1. The van der Waals surface area contributed by atoms with Crippen LogP contribution in [0.15, 0.2) is 48.9 Å². The van der Waals surface area contributed by atoms with Gasteiger partial charge in [0, 0.05) is 55.1 Å². The van der Waals surface area contributed by atoms with Crippen LogP contribution in [0.4, 0.5) is 5.69 Å². The van der Waals surface area contributed by atoms with Gasteiger partial charge >= 0.3 is 0 Å². The first kappa shape index (κ1) is 13.1. The Morgan fingerprint density at radius 3 is 2.87 bits per heavy atom. The second kappa shape index (κ2) is 4.83. The van der Waals surface area contributed by atoms with Crippen LogP contribution in [-0.4, -0.2) is 47.6 Å². The van der Waals surface area contributed by atoms with E-state index in [-0.39, 0.29) is 0 Å². The van der Waals surface area contributed by atoms with Crippen molar-refractivity contribution in [1.82, 2.24) is 14.9 Å². The van der Waals surface area contributed by atoms with E-state index in [1.54, 1.807) is 0 Å². The number of rotatable bonds is 2. The average Bonchev–Trinajstić information content (AvgIpc) is 3.18. The second-order valence-electron chi connectivity index (χ2n) is 6.88. The molecule has 0 spiro atoms. The van der Waals surface area contributed by atoms with Crippen LogP contribution in [0.25, 0.3) is 22.0 Å². The van der Waals surface area contributed by atoms with Crippen molar-refractivity contribution >= 4 is 16.6 Å². The van der Waals surface area contributed by atoms with Gasteiger partial charge in [-0.3, -0.25) is 4.98 Å². The van der Waals surface area contributed by atoms with E-state index in [1.807, 2.05) is 18.6 Å². The molecule has 5 rings (SSSR count). The molecule has 3 aromatic rings. The molecule has 1 N–H and O–H groups in total. The topological polar surface area (TPSA) is 35.2 Å². The minimum Gasteiger partial charge on any atom is -0.368 e. The van der Waals surface area contributed by atoms with Crippen LogP contribution in [0.1, 0.15) is 0 Å². The summed E-state index contributed by atoms with van der Waals surface area (Å²) >= 11 is 0. The minimum absolute atomic E-state index is 0.730. The van der Waals surface area contributed by atoms with Crippen molar-refractivity contribution in [3.05, 3.63) is 48.9 Å². The lowest BCUT2D eigenvalue weighted by Crippen LogP contribution is -2.52. The number of fused-ring (bicyclic) bond motifs is 2. The van der Waals surface area contributed by atoms with Gasteiger partial charge in [-0.05, 0) is 36.2 Å². The molecule has 2 atom stereocenters. The summed E-state index contributed by atoms with van der Waals surface area (Å²) in [6.07, 6.45) is 5.95. The van der Waals surface area contributed by atoms with Crippen molar-refractivity contribution in [1.29, 1.82) is 0 Å². The first-order chi connectivity index (χ1) is 11.3. The smallest absolute Gasteiger partial charge is 0.0559 e. The number of likely N-dealkylation sites (N-methyl/N-ethyl adjacent to an activating group) is 1. The monoisotopic (exact) mass is 304 g/mol. The van der Waals surface area contributed by atoms with Gasteiger partial charge in [0.2, 0.25) is 0 Å². The summed E-state index contributed by atoms with van der Waals surface area (Å²) in [5.41, 5.74) is 4.82. The molecule has 4 nitrogen and oxygen atoms in total. The molecule has 23 heavy (non-hydrogen) atoms. The Labute approximate surface area is 135 Å². The van der Waals surface area contributed by atoms with Gasteiger partial charge in [0.05, 0.1) is 11.9 Å². The average molecular weight is 304 g/mol. The molecule has 4 heteroatoms. The summed E-state index contributed by atoms with van der Waals surface area (Å²) in [4.78, 5) is 12.7. The van der Waals surface area contributed by atoms with Gasteiger partial charge in [0.25, 0.3) is 0 Å². The van der Waals surface area contributed by atoms with Crippen LogP contribution < -0.4 is 4.90 Å². The highest BCUT2D eigenvalue weighted by atomic mass is 15.3. The van der Waals surface area contributed by atoms with Crippen LogP contribution >= 0.6 is 0 Å². The minimum atomic E-state index is 0.730. The predicted octanol–water partition coefficient (Wildman–Crippen LogP) is 2.98. The lowest BCUT2D eigenvalue weighted by Gasteiger charge is -2.40. The fraction of sp³-hybridized carbons (Fsp3) is 0.316. The Morgan fingerprint density at radius 1 is 1.04 bits per heavy atom. The highest BCUT2D eigenvalue weighted by Gasteiger charge is 2.43. The summed E-state index contributed by atoms with van der Waals surface area (Å²) in [5, 5.41) is 1.25. The maximum atomic E-state index is 4.50. The van der Waals surface area contributed by atoms with Crippen LogP contribution in [0.5, 0.6) is 0 Å². The summed E-state index contributed by atoms with van der Waals surface area (Å²) in [6.45, 7) is 3.52. The molecule has 0 radical (unpaired) electrons. The molecule has 116 valence electrons. The molecule has 0 saturated carbocycles. The van der Waals surface area contributed by atoms with Crippen molar-refractivity contribution < 1.29 is 0 Å². The van der Waals surface area contributed by atoms with Crippen LogP contribution in [0.2, 0.25) is 0 Å². The van der Waals surface area contributed by atoms with Crippen LogP contribution in [-0.2, 0) is 0 Å². The van der Waals surface area contributed by atoms with Gasteiger partial charge in [-0.25, -0.2) is 0 Å². The van der Waals surface area contributed by atoms with Crippen molar-refractivity contribution in [3.8, 4) is 11.1 Å². The highest BCUT2D eigenvalue weighted by molar-refractivity contribution is 5.85. The number of anilines is 1. The molecule has 0 unspecified atom stereocenters. The lowest BCUT2D eigenvalue weighted by molar-refractivity contribution is 0.0827. The molecular weight excluding hydrogens is 284 g/mol. The molecular formula is C19H20N4. The molecule has 1 aromatic carbocycles. The number of benzene rings is 1. The van der Waals surface area contributed by atoms with Crippen molar-refractivity contribution in [2.45, 2.75) is 6.04 Å². The Balaban J connectivity index is 1.48. The van der Waals surface area contributed by atoms with Gasteiger partial charge in [-0.2, -0.15) is 0 Å². The Bertz CT molecular complexity index is 868. The Hall–Kier alpha value is -2.33. The van der Waals surface area contributed by atoms with Gasteiger partial charge in [0.15, 0.2) is 0 Å². The fourth-order valence-corrected chi connectivity index (χ4v) is 4.10. The summed E-state index contributed by atoms with van der Waals surface area (Å²) in [5.74, 6) is 0.832. The van der Waals surface area contributed by atoms with E-state index < -0.39 is 0 Å². The van der Waals surface area contributed by atoms with Crippen molar-refractivity contribution in [2.75, 3.05) is 31.6 Å².